The van der Waals surface area contributed by atoms with E-state index in [1.165, 1.54) is 19.2 Å². The number of carbonyl (C=O) groups is 1. The van der Waals surface area contributed by atoms with E-state index in [4.69, 9.17) is 4.74 Å². The highest BCUT2D eigenvalue weighted by Gasteiger charge is 2.19. The predicted molar refractivity (Wildman–Crippen MR) is 68.4 cm³/mol. The monoisotopic (exact) mass is 271 g/mol. The first-order valence-electron chi connectivity index (χ1n) is 5.45. The normalized spacial score (nSPS) is 13.1. The second-order valence-corrected chi connectivity index (χ2v) is 6.08. The van der Waals surface area contributed by atoms with Crippen LogP contribution in [-0.4, -0.2) is 40.3 Å². The molecule has 1 rings (SSSR count). The highest BCUT2D eigenvalue weighted by molar-refractivity contribution is 7.90. The molecule has 1 aromatic carbocycles. The number of hydrogen-bond donors (Lipinski definition) is 1. The van der Waals surface area contributed by atoms with Crippen LogP contribution in [0.1, 0.15) is 17.3 Å². The molecular formula is C12H17NO4S. The maximum Gasteiger partial charge on any atom is 0.252 e. The first kappa shape index (κ1) is 14.7. The molecule has 5 nitrogen and oxygen atoms in total. The number of nitrogens with one attached hydrogen (secondary N) is 1. The minimum Gasteiger partial charge on any atom is -0.383 e. The fourth-order valence-corrected chi connectivity index (χ4v) is 2.46. The molecule has 0 unspecified atom stereocenters. The van der Waals surface area contributed by atoms with Gasteiger partial charge in [0.2, 0.25) is 0 Å². The van der Waals surface area contributed by atoms with Gasteiger partial charge < -0.3 is 10.1 Å². The molecule has 1 N–H and O–H groups in total. The molecule has 0 aliphatic carbocycles. The number of carbonyl (C=O) groups excluding carboxylic acids is 1. The molecule has 0 radical (unpaired) electrons. The second-order valence-electron chi connectivity index (χ2n) is 4.10. The summed E-state index contributed by atoms with van der Waals surface area (Å²) in [5, 5.41) is 2.68. The van der Waals surface area contributed by atoms with Gasteiger partial charge in [0.15, 0.2) is 9.84 Å². The third-order valence-electron chi connectivity index (χ3n) is 2.33. The molecule has 100 valence electrons. The van der Waals surface area contributed by atoms with Gasteiger partial charge in [-0.2, -0.15) is 0 Å². The van der Waals surface area contributed by atoms with E-state index >= 15 is 0 Å². The minimum atomic E-state index is -3.42. The first-order valence-corrected chi connectivity index (χ1v) is 7.34. The Hall–Kier alpha value is -1.40. The molecule has 0 aliphatic heterocycles. The molecule has 1 amide bonds. The highest BCUT2D eigenvalue weighted by Crippen LogP contribution is 2.15. The summed E-state index contributed by atoms with van der Waals surface area (Å²) in [6.45, 7) is 2.15. The van der Waals surface area contributed by atoms with Crippen LogP contribution in [0.5, 0.6) is 0 Å². The molecule has 0 heterocycles. The van der Waals surface area contributed by atoms with Gasteiger partial charge in [-0.1, -0.05) is 12.1 Å². The molecule has 1 aromatic rings. The van der Waals surface area contributed by atoms with Gasteiger partial charge in [0.25, 0.3) is 5.91 Å². The quantitative estimate of drug-likeness (QED) is 0.862. The van der Waals surface area contributed by atoms with Crippen LogP contribution in [0, 0.1) is 0 Å². The van der Waals surface area contributed by atoms with Gasteiger partial charge in [0, 0.05) is 19.4 Å². The average molecular weight is 271 g/mol. The van der Waals surface area contributed by atoms with E-state index in [-0.39, 0.29) is 16.5 Å². The lowest BCUT2D eigenvalue weighted by atomic mass is 10.2. The van der Waals surface area contributed by atoms with Crippen molar-refractivity contribution in [2.45, 2.75) is 17.9 Å². The molecule has 1 atom stereocenters. The third-order valence-corrected chi connectivity index (χ3v) is 3.48. The Morgan fingerprint density at radius 1 is 1.39 bits per heavy atom. The lowest BCUT2D eigenvalue weighted by molar-refractivity contribution is 0.0902. The Morgan fingerprint density at radius 3 is 2.56 bits per heavy atom. The maximum atomic E-state index is 12.0. The molecule has 18 heavy (non-hydrogen) atoms. The molecule has 0 spiro atoms. The van der Waals surface area contributed by atoms with E-state index in [1.807, 2.05) is 0 Å². The van der Waals surface area contributed by atoms with Crippen molar-refractivity contribution in [1.82, 2.24) is 5.32 Å². The van der Waals surface area contributed by atoms with E-state index in [2.05, 4.69) is 5.32 Å². The molecule has 0 bridgehead atoms. The zero-order valence-corrected chi connectivity index (χ0v) is 11.5. The van der Waals surface area contributed by atoms with E-state index in [0.29, 0.717) is 6.61 Å². The van der Waals surface area contributed by atoms with Crippen LogP contribution in [0.4, 0.5) is 0 Å². The predicted octanol–water partition coefficient (Wildman–Crippen LogP) is 0.855. The summed E-state index contributed by atoms with van der Waals surface area (Å²) < 4.78 is 28.0. The van der Waals surface area contributed by atoms with Gasteiger partial charge >= 0.3 is 0 Å². The van der Waals surface area contributed by atoms with Crippen LogP contribution in [0.2, 0.25) is 0 Å². The average Bonchev–Trinajstić information content (AvgIpc) is 2.28. The number of methoxy groups -OCH3 is 1. The maximum absolute atomic E-state index is 12.0. The summed E-state index contributed by atoms with van der Waals surface area (Å²) in [6.07, 6.45) is 1.08. The number of amides is 1. The summed E-state index contributed by atoms with van der Waals surface area (Å²) in [4.78, 5) is 12.0. The van der Waals surface area contributed by atoms with Crippen molar-refractivity contribution in [3.8, 4) is 0 Å². The summed E-state index contributed by atoms with van der Waals surface area (Å²) in [7, 11) is -1.88. The molecular weight excluding hydrogens is 254 g/mol. The van der Waals surface area contributed by atoms with Crippen LogP contribution in [0.25, 0.3) is 0 Å². The smallest absolute Gasteiger partial charge is 0.252 e. The number of ether oxygens (including phenoxy) is 1. The van der Waals surface area contributed by atoms with Gasteiger partial charge in [-0.25, -0.2) is 8.42 Å². The van der Waals surface area contributed by atoms with Crippen molar-refractivity contribution in [2.24, 2.45) is 0 Å². The van der Waals surface area contributed by atoms with Gasteiger partial charge in [-0.15, -0.1) is 0 Å². The standard InChI is InChI=1S/C12H17NO4S/c1-9(8-17-2)13-12(14)10-6-4-5-7-11(10)18(3,15)16/h4-7,9H,8H2,1-3H3,(H,13,14)/t9-/m1/s1. The topological polar surface area (TPSA) is 72.5 Å². The second kappa shape index (κ2) is 5.97. The van der Waals surface area contributed by atoms with Gasteiger partial charge in [0.05, 0.1) is 17.1 Å². The van der Waals surface area contributed by atoms with Crippen molar-refractivity contribution in [2.75, 3.05) is 20.0 Å². The zero-order valence-electron chi connectivity index (χ0n) is 10.6. The van der Waals surface area contributed by atoms with Crippen molar-refractivity contribution < 1.29 is 17.9 Å². The van der Waals surface area contributed by atoms with Crippen molar-refractivity contribution in [3.63, 3.8) is 0 Å². The van der Waals surface area contributed by atoms with Crippen LogP contribution < -0.4 is 5.32 Å². The SMILES string of the molecule is COC[C@@H](C)NC(=O)c1ccccc1S(C)(=O)=O. The molecule has 0 aliphatic rings. The van der Waals surface area contributed by atoms with Crippen molar-refractivity contribution in [1.29, 1.82) is 0 Å². The molecule has 0 saturated carbocycles. The number of benzene rings is 1. The van der Waals surface area contributed by atoms with Gasteiger partial charge in [-0.05, 0) is 19.1 Å². The molecule has 0 fully saturated rings. The lowest BCUT2D eigenvalue weighted by Gasteiger charge is -2.14. The van der Waals surface area contributed by atoms with E-state index in [9.17, 15) is 13.2 Å². The van der Waals surface area contributed by atoms with Gasteiger partial charge in [-0.3, -0.25) is 4.79 Å². The Balaban J connectivity index is 3.00. The van der Waals surface area contributed by atoms with Crippen LogP contribution in [0.15, 0.2) is 29.2 Å². The molecule has 6 heteroatoms. The number of hydrogen-bond acceptors (Lipinski definition) is 4. The number of sulfone groups is 1. The third kappa shape index (κ3) is 3.82. The van der Waals surface area contributed by atoms with Crippen LogP contribution in [0.3, 0.4) is 0 Å². The largest absolute Gasteiger partial charge is 0.383 e. The summed E-state index contributed by atoms with van der Waals surface area (Å²) in [5.41, 5.74) is 0.156. The Labute approximate surface area is 107 Å². The van der Waals surface area contributed by atoms with Crippen LogP contribution >= 0.6 is 0 Å². The van der Waals surface area contributed by atoms with E-state index in [0.717, 1.165) is 6.26 Å². The fourth-order valence-electron chi connectivity index (χ4n) is 1.57. The zero-order chi connectivity index (χ0) is 13.8. The summed E-state index contributed by atoms with van der Waals surface area (Å²) in [6, 6.07) is 5.95. The van der Waals surface area contributed by atoms with Gasteiger partial charge in [0.1, 0.15) is 0 Å². The van der Waals surface area contributed by atoms with Crippen molar-refractivity contribution >= 4 is 15.7 Å². The van der Waals surface area contributed by atoms with Crippen molar-refractivity contribution in [3.05, 3.63) is 29.8 Å². The van der Waals surface area contributed by atoms with Crippen LogP contribution in [-0.2, 0) is 14.6 Å². The Bertz CT molecular complexity index is 525. The Morgan fingerprint density at radius 2 is 2.00 bits per heavy atom. The fraction of sp³-hybridized carbons (Fsp3) is 0.417. The first-order chi connectivity index (χ1) is 8.36. The summed E-state index contributed by atoms with van der Waals surface area (Å²) in [5.74, 6) is -0.416. The molecule has 0 saturated heterocycles. The molecule has 0 aromatic heterocycles. The summed E-state index contributed by atoms with van der Waals surface area (Å²) >= 11 is 0. The van der Waals surface area contributed by atoms with E-state index in [1.54, 1.807) is 19.1 Å². The highest BCUT2D eigenvalue weighted by atomic mass is 32.2. The van der Waals surface area contributed by atoms with E-state index < -0.39 is 15.7 Å². The Kier molecular flexibility index (Phi) is 4.86. The minimum absolute atomic E-state index is 0.0344. The number of rotatable bonds is 5. The lowest BCUT2D eigenvalue weighted by Crippen LogP contribution is -2.36.